The summed E-state index contributed by atoms with van der Waals surface area (Å²) >= 11 is 0. The van der Waals surface area contributed by atoms with E-state index in [-0.39, 0.29) is 6.61 Å². The summed E-state index contributed by atoms with van der Waals surface area (Å²) in [5.74, 6) is 0. The third-order valence-electron chi connectivity index (χ3n) is 3.50. The lowest BCUT2D eigenvalue weighted by Gasteiger charge is -2.17. The lowest BCUT2D eigenvalue weighted by molar-refractivity contribution is 0.227. The molecule has 0 saturated carbocycles. The van der Waals surface area contributed by atoms with Crippen LogP contribution in [0.4, 0.5) is 0 Å². The van der Waals surface area contributed by atoms with Crippen LogP contribution in [-0.2, 0) is 0 Å². The summed E-state index contributed by atoms with van der Waals surface area (Å²) in [5, 5.41) is 30.8. The SMILES string of the molecule is C=CC(O)C/C=C(\C)CNC(/C=C/N(CC)CCO)=C/C=C(\C)C#N. The number of rotatable bonds is 12. The molecule has 0 fully saturated rings. The number of aliphatic hydroxyl groups is 2. The van der Waals surface area contributed by atoms with Crippen LogP contribution in [-0.4, -0.2) is 47.5 Å². The van der Waals surface area contributed by atoms with Crippen molar-refractivity contribution in [3.63, 3.8) is 0 Å². The van der Waals surface area contributed by atoms with Crippen molar-refractivity contribution in [1.82, 2.24) is 10.2 Å². The normalized spacial score (nSPS) is 14.3. The Morgan fingerprint density at radius 1 is 1.36 bits per heavy atom. The highest BCUT2D eigenvalue weighted by molar-refractivity contribution is 5.29. The van der Waals surface area contributed by atoms with E-state index in [9.17, 15) is 5.11 Å². The molecule has 0 aliphatic rings. The van der Waals surface area contributed by atoms with Gasteiger partial charge in [-0.05, 0) is 45.4 Å². The maximum Gasteiger partial charge on any atom is 0.0944 e. The van der Waals surface area contributed by atoms with E-state index in [0.29, 0.717) is 25.1 Å². The van der Waals surface area contributed by atoms with E-state index in [1.807, 2.05) is 43.2 Å². The molecule has 0 aromatic carbocycles. The van der Waals surface area contributed by atoms with Gasteiger partial charge >= 0.3 is 0 Å². The molecule has 0 rings (SSSR count). The van der Waals surface area contributed by atoms with Crippen molar-refractivity contribution in [3.05, 3.63) is 60.0 Å². The number of likely N-dealkylation sites (N-methyl/N-ethyl adjacent to an activating group) is 1. The van der Waals surface area contributed by atoms with E-state index in [0.717, 1.165) is 17.8 Å². The molecule has 25 heavy (non-hydrogen) atoms. The summed E-state index contributed by atoms with van der Waals surface area (Å²) in [5.41, 5.74) is 2.59. The average molecular weight is 345 g/mol. The first-order valence-corrected chi connectivity index (χ1v) is 8.48. The van der Waals surface area contributed by atoms with Gasteiger partial charge in [-0.15, -0.1) is 6.58 Å². The molecular weight excluding hydrogens is 314 g/mol. The van der Waals surface area contributed by atoms with Crippen molar-refractivity contribution in [3.8, 4) is 6.07 Å². The zero-order chi connectivity index (χ0) is 19.1. The number of nitrogens with zero attached hydrogens (tertiary/aromatic N) is 2. The average Bonchev–Trinajstić information content (AvgIpc) is 2.63. The molecule has 1 atom stereocenters. The number of hydrogen-bond acceptors (Lipinski definition) is 5. The smallest absolute Gasteiger partial charge is 0.0944 e. The van der Waals surface area contributed by atoms with Crippen LogP contribution in [0.15, 0.2) is 60.0 Å². The Balaban J connectivity index is 5.00. The lowest BCUT2D eigenvalue weighted by atomic mass is 10.1. The van der Waals surface area contributed by atoms with Gasteiger partial charge in [0.1, 0.15) is 0 Å². The third kappa shape index (κ3) is 11.8. The molecule has 138 valence electrons. The molecule has 5 heteroatoms. The first-order valence-electron chi connectivity index (χ1n) is 8.48. The number of aliphatic hydroxyl groups excluding tert-OH is 2. The Kier molecular flexibility index (Phi) is 12.8. The van der Waals surface area contributed by atoms with Gasteiger partial charge in [-0.1, -0.05) is 17.7 Å². The molecule has 0 aromatic heterocycles. The highest BCUT2D eigenvalue weighted by atomic mass is 16.3. The van der Waals surface area contributed by atoms with Crippen molar-refractivity contribution < 1.29 is 10.2 Å². The van der Waals surface area contributed by atoms with Crippen LogP contribution in [0.25, 0.3) is 0 Å². The number of nitriles is 1. The van der Waals surface area contributed by atoms with Gasteiger partial charge in [-0.2, -0.15) is 5.26 Å². The van der Waals surface area contributed by atoms with Crippen LogP contribution in [0.2, 0.25) is 0 Å². The predicted molar refractivity (Wildman–Crippen MR) is 104 cm³/mol. The maximum absolute atomic E-state index is 9.51. The zero-order valence-electron chi connectivity index (χ0n) is 15.6. The van der Waals surface area contributed by atoms with Crippen molar-refractivity contribution in [2.75, 3.05) is 26.2 Å². The number of allylic oxidation sites excluding steroid dienone is 4. The highest BCUT2D eigenvalue weighted by Gasteiger charge is 1.98. The molecule has 0 spiro atoms. The van der Waals surface area contributed by atoms with Gasteiger partial charge in [-0.25, -0.2) is 0 Å². The summed E-state index contributed by atoms with van der Waals surface area (Å²) in [4.78, 5) is 2.00. The molecule has 1 unspecified atom stereocenters. The Labute approximate surface area is 152 Å². The molecule has 0 bridgehead atoms. The molecule has 0 radical (unpaired) electrons. The van der Waals surface area contributed by atoms with E-state index in [1.54, 1.807) is 13.0 Å². The van der Waals surface area contributed by atoms with Crippen LogP contribution in [0.5, 0.6) is 0 Å². The summed E-state index contributed by atoms with van der Waals surface area (Å²) in [6.45, 7) is 11.4. The molecule has 5 nitrogen and oxygen atoms in total. The highest BCUT2D eigenvalue weighted by Crippen LogP contribution is 2.03. The van der Waals surface area contributed by atoms with Gasteiger partial charge in [0.05, 0.1) is 18.8 Å². The monoisotopic (exact) mass is 345 g/mol. The van der Waals surface area contributed by atoms with Gasteiger partial charge in [0, 0.05) is 37.1 Å². The molecule has 0 amide bonds. The van der Waals surface area contributed by atoms with Crippen molar-refractivity contribution >= 4 is 0 Å². The molecule has 0 aliphatic heterocycles. The van der Waals surface area contributed by atoms with Crippen LogP contribution in [0.1, 0.15) is 27.2 Å². The van der Waals surface area contributed by atoms with Gasteiger partial charge < -0.3 is 20.4 Å². The van der Waals surface area contributed by atoms with Gasteiger partial charge in [-0.3, -0.25) is 0 Å². The topological polar surface area (TPSA) is 79.5 Å². The fraction of sp³-hybridized carbons (Fsp3) is 0.450. The molecule has 0 aliphatic carbocycles. The lowest BCUT2D eigenvalue weighted by Crippen LogP contribution is -2.21. The van der Waals surface area contributed by atoms with Crippen molar-refractivity contribution in [1.29, 1.82) is 5.26 Å². The minimum absolute atomic E-state index is 0.103. The molecule has 0 aromatic rings. The van der Waals surface area contributed by atoms with E-state index in [4.69, 9.17) is 10.4 Å². The summed E-state index contributed by atoms with van der Waals surface area (Å²) in [6, 6.07) is 2.09. The van der Waals surface area contributed by atoms with Crippen LogP contribution < -0.4 is 5.32 Å². The van der Waals surface area contributed by atoms with Gasteiger partial charge in [0.25, 0.3) is 0 Å². The molecule has 0 heterocycles. The Hall–Kier alpha value is -2.29. The molecule has 0 saturated heterocycles. The fourth-order valence-corrected chi connectivity index (χ4v) is 1.81. The minimum atomic E-state index is -0.525. The van der Waals surface area contributed by atoms with Crippen LogP contribution in [0.3, 0.4) is 0 Å². The van der Waals surface area contributed by atoms with E-state index >= 15 is 0 Å². The third-order valence-corrected chi connectivity index (χ3v) is 3.50. The van der Waals surface area contributed by atoms with Gasteiger partial charge in [0.2, 0.25) is 0 Å². The van der Waals surface area contributed by atoms with E-state index in [1.165, 1.54) is 6.08 Å². The first kappa shape index (κ1) is 22.7. The Morgan fingerprint density at radius 3 is 2.64 bits per heavy atom. The van der Waals surface area contributed by atoms with Gasteiger partial charge in [0.15, 0.2) is 0 Å². The second-order valence-corrected chi connectivity index (χ2v) is 5.69. The quantitative estimate of drug-likeness (QED) is 0.288. The van der Waals surface area contributed by atoms with Crippen LogP contribution in [0, 0.1) is 11.3 Å². The molecule has 3 N–H and O–H groups in total. The summed E-state index contributed by atoms with van der Waals surface area (Å²) < 4.78 is 0. The first-order chi connectivity index (χ1) is 12.0. The minimum Gasteiger partial charge on any atom is -0.395 e. The largest absolute Gasteiger partial charge is 0.395 e. The van der Waals surface area contributed by atoms with Crippen molar-refractivity contribution in [2.24, 2.45) is 0 Å². The Bertz CT molecular complexity index is 554. The fourth-order valence-electron chi connectivity index (χ4n) is 1.81. The van der Waals surface area contributed by atoms with Crippen LogP contribution >= 0.6 is 0 Å². The maximum atomic E-state index is 9.51. The number of hydrogen-bond donors (Lipinski definition) is 3. The van der Waals surface area contributed by atoms with E-state index < -0.39 is 6.10 Å². The Morgan fingerprint density at radius 2 is 2.08 bits per heavy atom. The zero-order valence-corrected chi connectivity index (χ0v) is 15.6. The summed E-state index contributed by atoms with van der Waals surface area (Å²) in [6.07, 6.45) is 11.0. The standard InChI is InChI=1S/C20H31N3O2/c1-5-20(25)10-8-18(4)16-22-19(9-7-17(3)15-21)11-12-23(6-2)13-14-24/h5,7-9,11-12,20,22,24-25H,1,6,10,13-14,16H2,2-4H3/b12-11+,17-7+,18-8+,19-9+. The predicted octanol–water partition coefficient (Wildman–Crippen LogP) is 2.64. The molecular formula is C20H31N3O2. The number of nitrogens with one attached hydrogen (secondary N) is 1. The second-order valence-electron chi connectivity index (χ2n) is 5.69. The second kappa shape index (κ2) is 14.1. The summed E-state index contributed by atoms with van der Waals surface area (Å²) in [7, 11) is 0. The van der Waals surface area contributed by atoms with E-state index in [2.05, 4.69) is 18.0 Å². The van der Waals surface area contributed by atoms with Crippen molar-refractivity contribution in [2.45, 2.75) is 33.3 Å².